The zero-order chi connectivity index (χ0) is 23.3. The first kappa shape index (κ1) is 45.5. The molecule has 1 rings (SSSR count). The number of halogens is 2. The molecule has 5 N–H and O–H groups in total. The normalized spacial score (nSPS) is 9.21. The topological polar surface area (TPSA) is 176 Å². The fourth-order valence-corrected chi connectivity index (χ4v) is 2.59. The average Bonchev–Trinajstić information content (AvgIpc) is 2.58. The van der Waals surface area contributed by atoms with E-state index in [1.54, 1.807) is 18.2 Å². The van der Waals surface area contributed by atoms with Gasteiger partial charge in [-0.15, -0.1) is 0 Å². The van der Waals surface area contributed by atoms with Gasteiger partial charge in [-0.1, -0.05) is 29.3 Å². The first-order valence-electron chi connectivity index (χ1n) is 8.31. The molecule has 34 heavy (non-hydrogen) atoms. The van der Waals surface area contributed by atoms with Crippen molar-refractivity contribution in [2.24, 2.45) is 0 Å². The van der Waals surface area contributed by atoms with Gasteiger partial charge in [0.1, 0.15) is 0 Å². The van der Waals surface area contributed by atoms with E-state index in [0.29, 0.717) is 15.6 Å². The molecule has 0 aliphatic carbocycles. The van der Waals surface area contributed by atoms with E-state index < -0.39 is 50.1 Å². The van der Waals surface area contributed by atoms with E-state index in [0.717, 1.165) is 9.80 Å². The van der Waals surface area contributed by atoms with Gasteiger partial charge in [0.25, 0.3) is 0 Å². The van der Waals surface area contributed by atoms with E-state index >= 15 is 0 Å². The number of carbonyl (C=O) groups is 4. The molecule has 0 atom stereocenters. The summed E-state index contributed by atoms with van der Waals surface area (Å²) in [7, 11) is 0. The molecule has 11 nitrogen and oxygen atoms in total. The Kier molecular flexibility index (Phi) is 35.0. The molecule has 0 fully saturated rings. The second kappa shape index (κ2) is 26.2. The number of aliphatic carboxylic acids is 4. The first-order chi connectivity index (χ1) is 13.9. The maximum absolute atomic E-state index is 10.6. The van der Waals surface area contributed by atoms with Gasteiger partial charge in [-0.2, -0.15) is 0 Å². The molecule has 0 aliphatic heterocycles. The van der Waals surface area contributed by atoms with E-state index in [1.807, 2.05) is 0 Å². The van der Waals surface area contributed by atoms with Crippen LogP contribution in [-0.4, -0.2) is 217 Å². The summed E-state index contributed by atoms with van der Waals surface area (Å²) in [6, 6.07) is 5.00. The van der Waals surface area contributed by atoms with Crippen molar-refractivity contribution in [3.05, 3.63) is 33.8 Å². The Hall–Kier alpha value is 1.56. The Morgan fingerprint density at radius 2 is 1.00 bits per heavy atom. The Morgan fingerprint density at radius 3 is 1.24 bits per heavy atom. The molecule has 176 valence electrons. The van der Waals surface area contributed by atoms with Crippen LogP contribution in [0.4, 0.5) is 0 Å². The Balaban J connectivity index is -0.000000171. The molecule has 0 spiro atoms. The Labute approximate surface area is 295 Å². The molecular weight excluding hydrogens is 539 g/mol. The number of carboxylic acids is 4. The van der Waals surface area contributed by atoms with E-state index in [2.05, 4.69) is 0 Å². The van der Waals surface area contributed by atoms with Crippen LogP contribution in [0, 0.1) is 0 Å². The van der Waals surface area contributed by atoms with Crippen molar-refractivity contribution in [3.8, 4) is 0 Å². The third kappa shape index (κ3) is 25.2. The Bertz CT molecular complexity index is 696. The van der Waals surface area contributed by atoms with Crippen LogP contribution >= 0.6 is 23.2 Å². The molecule has 1 aromatic carbocycles. The minimum atomic E-state index is -1.23. The summed E-state index contributed by atoms with van der Waals surface area (Å²) >= 11 is 11.3. The molecule has 0 radical (unpaired) electrons. The molecule has 0 aromatic heterocycles. The number of carboxylic acid groups (broad SMARTS) is 4. The number of hydrogen-bond acceptors (Lipinski definition) is 7. The van der Waals surface area contributed by atoms with E-state index in [4.69, 9.17) is 48.7 Å². The maximum atomic E-state index is 10.6. The third-order valence-corrected chi connectivity index (χ3v) is 3.94. The van der Waals surface area contributed by atoms with E-state index in [9.17, 15) is 19.2 Å². The zero-order valence-electron chi connectivity index (χ0n) is 15.7. The molecule has 0 heterocycles. The number of aliphatic hydroxyl groups excluding tert-OH is 1. The summed E-state index contributed by atoms with van der Waals surface area (Å²) in [5, 5.41) is 44.2. The van der Waals surface area contributed by atoms with Crippen LogP contribution in [-0.2, 0) is 25.8 Å². The van der Waals surface area contributed by atoms with Crippen LogP contribution in [0.25, 0.3) is 0 Å². The molecule has 1 aromatic rings. The van der Waals surface area contributed by atoms with Crippen molar-refractivity contribution in [3.63, 3.8) is 0 Å². The summed E-state index contributed by atoms with van der Waals surface area (Å²) < 4.78 is 0. The predicted molar refractivity (Wildman–Crippen MR) is 134 cm³/mol. The summed E-state index contributed by atoms with van der Waals surface area (Å²) in [4.78, 5) is 44.4. The molecular formula is C17H26Cl2N2Na4O9. The van der Waals surface area contributed by atoms with Gasteiger partial charge in [0.15, 0.2) is 0 Å². The summed E-state index contributed by atoms with van der Waals surface area (Å²) in [5.41, 5.74) is 0.700. The van der Waals surface area contributed by atoms with Gasteiger partial charge in [-0.25, -0.2) is 0 Å². The standard InChI is InChI=1S/C10H16N2O8.C7H6Cl2O.4Na.4H/c13-7(14)3-11(4-8(15)16)1-2-12(5-9(17)18)6-10(19)20;8-6-2-1-5(4-10)7(9)3-6;;;;;;;;/h1-6H2,(H,13,14)(H,15,16)(H,17,18)(H,19,20);1-3,10H,4H2;;;;;;;;. The molecule has 0 aliphatic rings. The molecule has 0 saturated carbocycles. The van der Waals surface area contributed by atoms with Crippen molar-refractivity contribution in [1.29, 1.82) is 0 Å². The third-order valence-electron chi connectivity index (χ3n) is 3.35. The Morgan fingerprint density at radius 1 is 0.676 bits per heavy atom. The number of aliphatic hydroxyl groups is 1. The van der Waals surface area contributed by atoms with Gasteiger partial charge in [0, 0.05) is 23.1 Å². The molecule has 0 amide bonds. The molecule has 17 heteroatoms. The van der Waals surface area contributed by atoms with Crippen LogP contribution in [0.2, 0.25) is 10.0 Å². The first-order valence-corrected chi connectivity index (χ1v) is 9.06. The van der Waals surface area contributed by atoms with Crippen molar-refractivity contribution in [1.82, 2.24) is 9.80 Å². The quantitative estimate of drug-likeness (QED) is 0.174. The van der Waals surface area contributed by atoms with Crippen LogP contribution < -0.4 is 0 Å². The average molecular weight is 565 g/mol. The van der Waals surface area contributed by atoms with Crippen LogP contribution in [0.1, 0.15) is 5.56 Å². The van der Waals surface area contributed by atoms with Crippen molar-refractivity contribution in [2.75, 3.05) is 39.3 Å². The van der Waals surface area contributed by atoms with Crippen molar-refractivity contribution in [2.45, 2.75) is 6.61 Å². The van der Waals surface area contributed by atoms with Crippen molar-refractivity contribution >= 4 is 165 Å². The van der Waals surface area contributed by atoms with Gasteiger partial charge in [0.05, 0.1) is 32.8 Å². The van der Waals surface area contributed by atoms with Gasteiger partial charge < -0.3 is 25.5 Å². The summed E-state index contributed by atoms with van der Waals surface area (Å²) in [5.74, 6) is -4.91. The fraction of sp³-hybridized carbons (Fsp3) is 0.412. The van der Waals surface area contributed by atoms with Crippen LogP contribution in [0.3, 0.4) is 0 Å². The second-order valence-corrected chi connectivity index (χ2v) is 6.73. The summed E-state index contributed by atoms with van der Waals surface area (Å²) in [6.07, 6.45) is 0. The van der Waals surface area contributed by atoms with E-state index in [1.165, 1.54) is 0 Å². The van der Waals surface area contributed by atoms with Crippen LogP contribution in [0.5, 0.6) is 0 Å². The van der Waals surface area contributed by atoms with Gasteiger partial charge in [0.2, 0.25) is 0 Å². The van der Waals surface area contributed by atoms with Crippen molar-refractivity contribution < 1.29 is 44.7 Å². The summed E-state index contributed by atoms with van der Waals surface area (Å²) in [6.45, 7) is -2.30. The minimum absolute atomic E-state index is 0. The SMILES string of the molecule is O=C(O)CN(CCN(CC(=O)O)CC(=O)O)CC(=O)O.OCc1ccc(Cl)cc1Cl.[NaH].[NaH].[NaH].[NaH]. The number of benzene rings is 1. The predicted octanol–water partition coefficient (Wildman–Crippen LogP) is -2.18. The van der Waals surface area contributed by atoms with E-state index in [-0.39, 0.29) is 138 Å². The molecule has 0 bridgehead atoms. The number of hydrogen-bond donors (Lipinski definition) is 5. The zero-order valence-corrected chi connectivity index (χ0v) is 17.2. The van der Waals surface area contributed by atoms with Crippen LogP contribution in [0.15, 0.2) is 18.2 Å². The number of nitrogens with zero attached hydrogens (tertiary/aromatic N) is 2. The number of rotatable bonds is 12. The molecule has 0 saturated heterocycles. The fourth-order valence-electron chi connectivity index (χ4n) is 2.13. The van der Waals surface area contributed by atoms with Gasteiger partial charge in [-0.05, 0) is 17.7 Å². The second-order valence-electron chi connectivity index (χ2n) is 5.89. The van der Waals surface area contributed by atoms with Gasteiger partial charge >= 0.3 is 142 Å². The van der Waals surface area contributed by atoms with Gasteiger partial charge in [-0.3, -0.25) is 29.0 Å². The monoisotopic (exact) mass is 564 g/mol. The molecule has 0 unspecified atom stereocenters.